The predicted molar refractivity (Wildman–Crippen MR) is 109 cm³/mol. The summed E-state index contributed by atoms with van der Waals surface area (Å²) in [5.41, 5.74) is 1.78. The molecule has 28 heavy (non-hydrogen) atoms. The quantitative estimate of drug-likeness (QED) is 0.743. The van der Waals surface area contributed by atoms with Crippen molar-refractivity contribution in [2.24, 2.45) is 0 Å². The second kappa shape index (κ2) is 8.06. The third kappa shape index (κ3) is 3.75. The Morgan fingerprint density at radius 2 is 1.75 bits per heavy atom. The van der Waals surface area contributed by atoms with E-state index in [0.29, 0.717) is 18.0 Å². The van der Waals surface area contributed by atoms with E-state index in [1.165, 1.54) is 0 Å². The summed E-state index contributed by atoms with van der Waals surface area (Å²) in [6.45, 7) is 1.23. The zero-order valence-electron chi connectivity index (χ0n) is 15.4. The van der Waals surface area contributed by atoms with Crippen molar-refractivity contribution in [2.75, 3.05) is 19.6 Å². The fraction of sp³-hybridized carbons (Fsp3) is 0.286. The number of aromatic nitrogens is 1. The Labute approximate surface area is 167 Å². The molecule has 3 heterocycles. The smallest absolute Gasteiger partial charge is 0.294 e. The number of benzene rings is 1. The highest BCUT2D eigenvalue weighted by Crippen LogP contribution is 2.32. The number of carbonyl (C=O) groups is 3. The van der Waals surface area contributed by atoms with Crippen LogP contribution in [0.1, 0.15) is 25.0 Å². The van der Waals surface area contributed by atoms with Gasteiger partial charge in [-0.15, -0.1) is 0 Å². The van der Waals surface area contributed by atoms with Gasteiger partial charge in [-0.1, -0.05) is 18.2 Å². The minimum absolute atomic E-state index is 0.157. The molecule has 2 aliphatic heterocycles. The second-order valence-electron chi connectivity index (χ2n) is 6.85. The largest absolute Gasteiger partial charge is 0.341 e. The third-order valence-electron chi connectivity index (χ3n) is 4.97. The lowest BCUT2D eigenvalue weighted by Crippen LogP contribution is -2.44. The molecule has 0 atom stereocenters. The van der Waals surface area contributed by atoms with E-state index in [-0.39, 0.29) is 17.7 Å². The standard InChI is InChI=1S/C21H21N3O3S/c25-19(22-11-5-2-6-12-22)15-24-20(26)18(28-21(24)27)14-17-10-7-13-23(17)16-8-3-1-4-9-16/h1,3-4,7-10,13-14H,2,5-6,11-12,15H2/b18-14-. The maximum Gasteiger partial charge on any atom is 0.294 e. The van der Waals surface area contributed by atoms with Gasteiger partial charge in [-0.3, -0.25) is 19.3 Å². The predicted octanol–water partition coefficient (Wildman–Crippen LogP) is 3.53. The van der Waals surface area contributed by atoms with Crippen molar-refractivity contribution in [1.29, 1.82) is 0 Å². The number of piperidine rings is 1. The minimum atomic E-state index is -0.402. The van der Waals surface area contributed by atoms with Crippen molar-refractivity contribution < 1.29 is 14.4 Å². The van der Waals surface area contributed by atoms with E-state index in [1.807, 2.05) is 53.2 Å². The van der Waals surface area contributed by atoms with Gasteiger partial charge >= 0.3 is 0 Å². The van der Waals surface area contributed by atoms with Crippen molar-refractivity contribution in [2.45, 2.75) is 19.3 Å². The van der Waals surface area contributed by atoms with Gasteiger partial charge in [0.1, 0.15) is 6.54 Å². The molecule has 144 valence electrons. The highest BCUT2D eigenvalue weighted by Gasteiger charge is 2.37. The number of hydrogen-bond acceptors (Lipinski definition) is 4. The van der Waals surface area contributed by atoms with Crippen LogP contribution < -0.4 is 0 Å². The molecular formula is C21H21N3O3S. The molecule has 0 N–H and O–H groups in total. The van der Waals surface area contributed by atoms with E-state index in [9.17, 15) is 14.4 Å². The first-order valence-corrected chi connectivity index (χ1v) is 10.2. The Morgan fingerprint density at radius 3 is 2.50 bits per heavy atom. The van der Waals surface area contributed by atoms with Gasteiger partial charge in [-0.2, -0.15) is 0 Å². The summed E-state index contributed by atoms with van der Waals surface area (Å²) in [4.78, 5) is 40.7. The number of rotatable bonds is 4. The van der Waals surface area contributed by atoms with Crippen molar-refractivity contribution in [3.8, 4) is 5.69 Å². The molecule has 7 heteroatoms. The summed E-state index contributed by atoms with van der Waals surface area (Å²) in [6.07, 6.45) is 6.69. The number of amides is 3. The Morgan fingerprint density at radius 1 is 1.00 bits per heavy atom. The molecule has 0 saturated carbocycles. The number of likely N-dealkylation sites (tertiary alicyclic amines) is 1. The van der Waals surface area contributed by atoms with Crippen LogP contribution in [0.2, 0.25) is 0 Å². The summed E-state index contributed by atoms with van der Waals surface area (Å²) >= 11 is 0.887. The van der Waals surface area contributed by atoms with Crippen molar-refractivity contribution in [3.05, 3.63) is 59.3 Å². The molecule has 1 aromatic heterocycles. The van der Waals surface area contributed by atoms with Crippen molar-refractivity contribution in [3.63, 3.8) is 0 Å². The lowest BCUT2D eigenvalue weighted by Gasteiger charge is -2.27. The van der Waals surface area contributed by atoms with Gasteiger partial charge in [0.05, 0.1) is 4.91 Å². The van der Waals surface area contributed by atoms with E-state index in [0.717, 1.165) is 47.3 Å². The lowest BCUT2D eigenvalue weighted by atomic mass is 10.1. The van der Waals surface area contributed by atoms with E-state index >= 15 is 0 Å². The van der Waals surface area contributed by atoms with Crippen LogP contribution in [0.25, 0.3) is 11.8 Å². The molecule has 0 bridgehead atoms. The number of hydrogen-bond donors (Lipinski definition) is 0. The molecule has 0 aliphatic carbocycles. The molecule has 3 amide bonds. The normalized spacial score (nSPS) is 18.9. The number of nitrogens with zero attached hydrogens (tertiary/aromatic N) is 3. The van der Waals surface area contributed by atoms with Crippen LogP contribution in [0.3, 0.4) is 0 Å². The number of thioether (sulfide) groups is 1. The van der Waals surface area contributed by atoms with E-state index in [1.54, 1.807) is 11.0 Å². The zero-order chi connectivity index (χ0) is 19.5. The average molecular weight is 395 g/mol. The second-order valence-corrected chi connectivity index (χ2v) is 7.84. The van der Waals surface area contributed by atoms with Crippen LogP contribution in [-0.2, 0) is 9.59 Å². The molecule has 2 aliphatic rings. The first-order chi connectivity index (χ1) is 13.6. The molecule has 0 unspecified atom stereocenters. The van der Waals surface area contributed by atoms with Crippen LogP contribution in [0.5, 0.6) is 0 Å². The summed E-state index contributed by atoms with van der Waals surface area (Å²) in [7, 11) is 0. The SMILES string of the molecule is O=C(CN1C(=O)S/C(=C\c2cccn2-c2ccccc2)C1=O)N1CCCCC1. The highest BCUT2D eigenvalue weighted by atomic mass is 32.2. The van der Waals surface area contributed by atoms with Gasteiger partial charge in [0, 0.05) is 30.7 Å². The van der Waals surface area contributed by atoms with Crippen LogP contribution in [0, 0.1) is 0 Å². The summed E-state index contributed by atoms with van der Waals surface area (Å²) in [6, 6.07) is 13.6. The van der Waals surface area contributed by atoms with E-state index in [4.69, 9.17) is 0 Å². The first-order valence-electron chi connectivity index (χ1n) is 9.39. The Kier molecular flexibility index (Phi) is 5.34. The molecular weight excluding hydrogens is 374 g/mol. The topological polar surface area (TPSA) is 62.6 Å². The summed E-state index contributed by atoms with van der Waals surface area (Å²) < 4.78 is 1.95. The van der Waals surface area contributed by atoms with Gasteiger partial charge < -0.3 is 9.47 Å². The third-order valence-corrected chi connectivity index (χ3v) is 5.88. The highest BCUT2D eigenvalue weighted by molar-refractivity contribution is 8.18. The minimum Gasteiger partial charge on any atom is -0.341 e. The molecule has 0 spiro atoms. The van der Waals surface area contributed by atoms with Crippen LogP contribution in [0.15, 0.2) is 53.6 Å². The average Bonchev–Trinajstić information content (AvgIpc) is 3.29. The van der Waals surface area contributed by atoms with E-state index in [2.05, 4.69) is 0 Å². The van der Waals surface area contributed by atoms with Gasteiger partial charge in [0.25, 0.3) is 11.1 Å². The van der Waals surface area contributed by atoms with Crippen LogP contribution in [-0.4, -0.2) is 51.1 Å². The van der Waals surface area contributed by atoms with Crippen molar-refractivity contribution >= 4 is 34.9 Å². The van der Waals surface area contributed by atoms with Crippen molar-refractivity contribution in [1.82, 2.24) is 14.4 Å². The maximum atomic E-state index is 12.7. The van der Waals surface area contributed by atoms with Gasteiger partial charge in [0.2, 0.25) is 5.91 Å². The van der Waals surface area contributed by atoms with Crippen LogP contribution in [0.4, 0.5) is 4.79 Å². The number of imide groups is 1. The Hall–Kier alpha value is -2.80. The molecule has 0 radical (unpaired) electrons. The summed E-state index contributed by atoms with van der Waals surface area (Å²) in [5, 5.41) is -0.389. The number of carbonyl (C=O) groups excluding carboxylic acids is 3. The lowest BCUT2D eigenvalue weighted by molar-refractivity contribution is -0.136. The fourth-order valence-corrected chi connectivity index (χ4v) is 4.31. The Bertz CT molecular complexity index is 929. The maximum absolute atomic E-state index is 12.7. The molecule has 1 aromatic carbocycles. The van der Waals surface area contributed by atoms with Crippen LogP contribution >= 0.6 is 11.8 Å². The van der Waals surface area contributed by atoms with E-state index < -0.39 is 5.91 Å². The fourth-order valence-electron chi connectivity index (χ4n) is 3.48. The first kappa shape index (κ1) is 18.6. The van der Waals surface area contributed by atoms with Gasteiger partial charge in [-0.05, 0) is 61.4 Å². The number of para-hydroxylation sites is 1. The Balaban J connectivity index is 1.51. The molecule has 6 nitrogen and oxygen atoms in total. The molecule has 4 rings (SSSR count). The van der Waals surface area contributed by atoms with Gasteiger partial charge in [-0.25, -0.2) is 0 Å². The molecule has 2 saturated heterocycles. The zero-order valence-corrected chi connectivity index (χ0v) is 16.2. The summed E-state index contributed by atoms with van der Waals surface area (Å²) in [5.74, 6) is -0.558. The molecule has 2 fully saturated rings. The van der Waals surface area contributed by atoms with Gasteiger partial charge in [0.15, 0.2) is 0 Å². The molecule has 2 aromatic rings. The monoisotopic (exact) mass is 395 g/mol.